The molecule has 0 aliphatic heterocycles. The quantitative estimate of drug-likeness (QED) is 0.402. The molecule has 0 radical (unpaired) electrons. The van der Waals surface area contributed by atoms with Crippen LogP contribution in [0.1, 0.15) is 44.4 Å². The first-order valence-corrected chi connectivity index (χ1v) is 8.96. The summed E-state index contributed by atoms with van der Waals surface area (Å²) in [4.78, 5) is 0. The van der Waals surface area contributed by atoms with Crippen LogP contribution in [0.3, 0.4) is 0 Å². The average molecular weight is 335 g/mol. The fourth-order valence-electron chi connectivity index (χ4n) is 2.96. The summed E-state index contributed by atoms with van der Waals surface area (Å²) in [7, 11) is 0. The third-order valence-electron chi connectivity index (χ3n) is 4.34. The van der Waals surface area contributed by atoms with Crippen LogP contribution in [-0.4, -0.2) is 21.1 Å². The fraction of sp³-hybridized carbons (Fsp3) is 0.333. The van der Waals surface area contributed by atoms with Gasteiger partial charge in [-0.25, -0.2) is 4.68 Å². The zero-order valence-corrected chi connectivity index (χ0v) is 14.7. The molecule has 2 atom stereocenters. The van der Waals surface area contributed by atoms with E-state index in [9.17, 15) is 0 Å². The molecular weight excluding hydrogens is 310 g/mol. The van der Waals surface area contributed by atoms with Crippen molar-refractivity contribution in [3.8, 4) is 0 Å². The lowest BCUT2D eigenvalue weighted by Crippen LogP contribution is -2.22. The first kappa shape index (κ1) is 17.4. The number of hydrogen-bond acceptors (Lipinski definition) is 3. The van der Waals surface area contributed by atoms with Crippen molar-refractivity contribution < 1.29 is 4.74 Å². The standard InChI is InChI=1S/C21H25N3O/c1-3-5-7-14-18(4-2)25-21(17-12-8-6-9-13-17)24-20-16-11-10-15-19(20)22-23-24/h4,6,8-13,15-16,18,21H,2-3,5,7,14H2,1H3. The molecule has 0 aliphatic rings. The van der Waals surface area contributed by atoms with Crippen LogP contribution in [0.4, 0.5) is 0 Å². The maximum absolute atomic E-state index is 6.43. The molecule has 130 valence electrons. The Morgan fingerprint density at radius 3 is 2.60 bits per heavy atom. The molecule has 0 saturated heterocycles. The van der Waals surface area contributed by atoms with E-state index in [-0.39, 0.29) is 12.3 Å². The van der Waals surface area contributed by atoms with Crippen molar-refractivity contribution in [1.82, 2.24) is 15.0 Å². The van der Waals surface area contributed by atoms with E-state index in [4.69, 9.17) is 4.74 Å². The van der Waals surface area contributed by atoms with E-state index in [1.807, 2.05) is 53.2 Å². The van der Waals surface area contributed by atoms with Gasteiger partial charge in [0.15, 0.2) is 6.23 Å². The highest BCUT2D eigenvalue weighted by atomic mass is 16.5. The van der Waals surface area contributed by atoms with Crippen LogP contribution in [0, 0.1) is 0 Å². The third-order valence-corrected chi connectivity index (χ3v) is 4.34. The summed E-state index contributed by atoms with van der Waals surface area (Å²) in [5, 5.41) is 8.64. The second-order valence-electron chi connectivity index (χ2n) is 6.19. The Hall–Kier alpha value is -2.46. The Bertz CT molecular complexity index is 797. The van der Waals surface area contributed by atoms with Gasteiger partial charge in [-0.05, 0) is 18.6 Å². The van der Waals surface area contributed by atoms with Gasteiger partial charge in [0, 0.05) is 5.56 Å². The summed E-state index contributed by atoms with van der Waals surface area (Å²) in [5.74, 6) is 0. The number of rotatable bonds is 9. The zero-order chi connectivity index (χ0) is 17.5. The van der Waals surface area contributed by atoms with Gasteiger partial charge in [0.1, 0.15) is 5.52 Å². The minimum atomic E-state index is -0.321. The van der Waals surface area contributed by atoms with E-state index in [0.29, 0.717) is 0 Å². The summed E-state index contributed by atoms with van der Waals surface area (Å²) in [6, 6.07) is 18.1. The molecule has 0 aliphatic carbocycles. The summed E-state index contributed by atoms with van der Waals surface area (Å²) < 4.78 is 8.29. The lowest BCUT2D eigenvalue weighted by molar-refractivity contribution is -0.0156. The Balaban J connectivity index is 1.92. The molecule has 0 fully saturated rings. The number of fused-ring (bicyclic) bond motifs is 1. The number of aromatic nitrogens is 3. The number of para-hydroxylation sites is 1. The van der Waals surface area contributed by atoms with E-state index in [2.05, 4.69) is 35.9 Å². The van der Waals surface area contributed by atoms with E-state index in [1.165, 1.54) is 12.8 Å². The van der Waals surface area contributed by atoms with Gasteiger partial charge in [-0.2, -0.15) is 0 Å². The average Bonchev–Trinajstić information content (AvgIpc) is 3.09. The van der Waals surface area contributed by atoms with E-state index in [1.54, 1.807) is 0 Å². The monoisotopic (exact) mass is 335 g/mol. The van der Waals surface area contributed by atoms with Gasteiger partial charge >= 0.3 is 0 Å². The molecule has 3 aromatic rings. The lowest BCUT2D eigenvalue weighted by atomic mass is 10.1. The molecule has 0 bridgehead atoms. The van der Waals surface area contributed by atoms with Gasteiger partial charge in [0.05, 0.1) is 11.6 Å². The second kappa shape index (κ2) is 8.58. The second-order valence-corrected chi connectivity index (χ2v) is 6.19. The van der Waals surface area contributed by atoms with Gasteiger partial charge in [0.25, 0.3) is 0 Å². The topological polar surface area (TPSA) is 39.9 Å². The third kappa shape index (κ3) is 4.15. The molecule has 2 unspecified atom stereocenters. The predicted octanol–water partition coefficient (Wildman–Crippen LogP) is 5.13. The molecule has 0 amide bonds. The van der Waals surface area contributed by atoms with Gasteiger partial charge in [-0.1, -0.05) is 79.9 Å². The maximum Gasteiger partial charge on any atom is 0.179 e. The summed E-state index contributed by atoms with van der Waals surface area (Å²) in [5.41, 5.74) is 2.89. The van der Waals surface area contributed by atoms with Gasteiger partial charge in [-0.3, -0.25) is 0 Å². The smallest absolute Gasteiger partial charge is 0.179 e. The summed E-state index contributed by atoms with van der Waals surface area (Å²) in [6.45, 7) is 6.17. The fourth-order valence-corrected chi connectivity index (χ4v) is 2.96. The highest BCUT2D eigenvalue weighted by Crippen LogP contribution is 2.26. The molecule has 4 nitrogen and oxygen atoms in total. The van der Waals surface area contributed by atoms with Gasteiger partial charge < -0.3 is 4.74 Å². The molecule has 25 heavy (non-hydrogen) atoms. The largest absolute Gasteiger partial charge is 0.345 e. The van der Waals surface area contributed by atoms with E-state index in [0.717, 1.165) is 29.4 Å². The minimum absolute atomic E-state index is 0.0141. The Morgan fingerprint density at radius 1 is 1.08 bits per heavy atom. The van der Waals surface area contributed by atoms with Crippen molar-refractivity contribution in [1.29, 1.82) is 0 Å². The van der Waals surface area contributed by atoms with Gasteiger partial charge in [-0.15, -0.1) is 11.7 Å². The van der Waals surface area contributed by atoms with Crippen LogP contribution in [0.25, 0.3) is 11.0 Å². The maximum atomic E-state index is 6.43. The highest BCUT2D eigenvalue weighted by Gasteiger charge is 2.21. The predicted molar refractivity (Wildman–Crippen MR) is 101 cm³/mol. The van der Waals surface area contributed by atoms with Crippen LogP contribution < -0.4 is 0 Å². The molecule has 0 spiro atoms. The van der Waals surface area contributed by atoms with Crippen molar-refractivity contribution in [2.75, 3.05) is 0 Å². The summed E-state index contributed by atoms with van der Waals surface area (Å²) >= 11 is 0. The molecule has 4 heteroatoms. The molecule has 0 saturated carbocycles. The number of hydrogen-bond donors (Lipinski definition) is 0. The van der Waals surface area contributed by atoms with Crippen molar-refractivity contribution in [3.05, 3.63) is 72.8 Å². The molecule has 3 rings (SSSR count). The molecular formula is C21H25N3O. The zero-order valence-electron chi connectivity index (χ0n) is 14.7. The van der Waals surface area contributed by atoms with Crippen LogP contribution in [-0.2, 0) is 4.74 Å². The normalized spacial score (nSPS) is 13.6. The van der Waals surface area contributed by atoms with Crippen molar-refractivity contribution in [2.24, 2.45) is 0 Å². The summed E-state index contributed by atoms with van der Waals surface area (Å²) in [6.07, 6.45) is 6.05. The van der Waals surface area contributed by atoms with Crippen LogP contribution in [0.2, 0.25) is 0 Å². The number of unbranched alkanes of at least 4 members (excludes halogenated alkanes) is 2. The molecule has 2 aromatic carbocycles. The van der Waals surface area contributed by atoms with Crippen LogP contribution in [0.15, 0.2) is 67.3 Å². The molecule has 1 heterocycles. The van der Waals surface area contributed by atoms with Crippen molar-refractivity contribution in [2.45, 2.75) is 44.9 Å². The van der Waals surface area contributed by atoms with Gasteiger partial charge in [0.2, 0.25) is 0 Å². The van der Waals surface area contributed by atoms with Crippen LogP contribution >= 0.6 is 0 Å². The minimum Gasteiger partial charge on any atom is -0.345 e. The number of benzene rings is 2. The number of nitrogens with zero attached hydrogens (tertiary/aromatic N) is 3. The Labute approximate surface area is 149 Å². The number of ether oxygens (including phenoxy) is 1. The molecule has 0 N–H and O–H groups in total. The first-order valence-electron chi connectivity index (χ1n) is 8.96. The van der Waals surface area contributed by atoms with Crippen molar-refractivity contribution in [3.63, 3.8) is 0 Å². The SMILES string of the molecule is C=CC(CCCCC)OC(c1ccccc1)n1nnc2ccccc21. The lowest BCUT2D eigenvalue weighted by Gasteiger charge is -2.24. The van der Waals surface area contributed by atoms with Crippen LogP contribution in [0.5, 0.6) is 0 Å². The van der Waals surface area contributed by atoms with E-state index >= 15 is 0 Å². The Morgan fingerprint density at radius 2 is 1.84 bits per heavy atom. The highest BCUT2D eigenvalue weighted by molar-refractivity contribution is 5.74. The first-order chi connectivity index (χ1) is 12.3. The van der Waals surface area contributed by atoms with Crippen molar-refractivity contribution >= 4 is 11.0 Å². The van der Waals surface area contributed by atoms with E-state index < -0.39 is 0 Å². The molecule has 1 aromatic heterocycles. The Kier molecular flexibility index (Phi) is 5.96.